The summed E-state index contributed by atoms with van der Waals surface area (Å²) in [7, 11) is 0. The van der Waals surface area contributed by atoms with Gasteiger partial charge in [0.1, 0.15) is 11.2 Å². The van der Waals surface area contributed by atoms with E-state index in [-0.39, 0.29) is 0 Å². The Morgan fingerprint density at radius 1 is 0.388 bits per heavy atom. The predicted octanol–water partition coefficient (Wildman–Crippen LogP) is 16.0. The summed E-state index contributed by atoms with van der Waals surface area (Å²) < 4.78 is 8.99. The Kier molecular flexibility index (Phi) is 8.16. The van der Waals surface area contributed by atoms with E-state index >= 15 is 0 Å². The average Bonchev–Trinajstić information content (AvgIpc) is 4.05. The molecule has 0 atom stereocenters. The first-order valence-corrected chi connectivity index (χ1v) is 22.9. The molecule has 0 fully saturated rings. The summed E-state index contributed by atoms with van der Waals surface area (Å²) in [4.78, 5) is 11.0. The molecule has 13 aromatic rings. The number of hydrogen-bond acceptors (Lipinski definition) is 3. The van der Waals surface area contributed by atoms with E-state index < -0.39 is 5.41 Å². The van der Waals surface area contributed by atoms with Gasteiger partial charge in [0.25, 0.3) is 0 Å². The second-order valence-electron chi connectivity index (χ2n) is 17.6. The largest absolute Gasteiger partial charge is 0.456 e. The van der Waals surface area contributed by atoms with Gasteiger partial charge in [0.05, 0.1) is 27.7 Å². The van der Waals surface area contributed by atoms with Gasteiger partial charge < -0.3 is 8.98 Å². The fraction of sp³-hybridized carbons (Fsp3) is 0.0159. The van der Waals surface area contributed by atoms with Crippen LogP contribution in [0.15, 0.2) is 241 Å². The summed E-state index contributed by atoms with van der Waals surface area (Å²) in [5.74, 6) is 0.656. The molecular formula is C63H39N3O. The molecule has 10 aromatic carbocycles. The van der Waals surface area contributed by atoms with Gasteiger partial charge >= 0.3 is 0 Å². The number of furan rings is 1. The number of nitrogens with zero attached hydrogens (tertiary/aromatic N) is 3. The van der Waals surface area contributed by atoms with Crippen LogP contribution < -0.4 is 0 Å². The van der Waals surface area contributed by atoms with Gasteiger partial charge in [-0.15, -0.1) is 0 Å². The van der Waals surface area contributed by atoms with Crippen molar-refractivity contribution in [2.45, 2.75) is 5.41 Å². The van der Waals surface area contributed by atoms with Crippen LogP contribution in [0.2, 0.25) is 0 Å². The molecule has 1 aliphatic rings. The Labute approximate surface area is 386 Å². The molecule has 0 N–H and O–H groups in total. The van der Waals surface area contributed by atoms with Crippen molar-refractivity contribution >= 4 is 54.6 Å². The highest BCUT2D eigenvalue weighted by molar-refractivity contribution is 6.14. The minimum absolute atomic E-state index is 0.529. The Morgan fingerprint density at radius 3 is 1.79 bits per heavy atom. The lowest BCUT2D eigenvalue weighted by atomic mass is 9.67. The second-order valence-corrected chi connectivity index (χ2v) is 17.6. The molecule has 4 nitrogen and oxygen atoms in total. The number of hydrogen-bond donors (Lipinski definition) is 0. The average molecular weight is 854 g/mol. The second kappa shape index (κ2) is 14.6. The monoisotopic (exact) mass is 853 g/mol. The van der Waals surface area contributed by atoms with E-state index in [1.807, 2.05) is 0 Å². The maximum absolute atomic E-state index is 6.64. The fourth-order valence-corrected chi connectivity index (χ4v) is 11.3. The van der Waals surface area contributed by atoms with E-state index in [0.29, 0.717) is 5.82 Å². The lowest BCUT2D eigenvalue weighted by Crippen LogP contribution is -2.28. The number of rotatable bonds is 6. The SMILES string of the molecule is c1ccc(-n2c3ccccc3c3cc(-c4ccc5oc6cccc(-c7nc(-c8cccc9c8-c8ccccc8C9(c8ccccc8)c8ccccc8)c8ccccc8n7)c6c5c4)ccc32)cc1. The van der Waals surface area contributed by atoms with Crippen molar-refractivity contribution in [1.29, 1.82) is 0 Å². The van der Waals surface area contributed by atoms with E-state index in [2.05, 4.69) is 241 Å². The van der Waals surface area contributed by atoms with Crippen LogP contribution >= 0.6 is 0 Å². The highest BCUT2D eigenvalue weighted by Crippen LogP contribution is 2.58. The number of para-hydroxylation sites is 3. The van der Waals surface area contributed by atoms with Gasteiger partial charge in [0.15, 0.2) is 5.82 Å². The normalized spacial score (nSPS) is 12.9. The molecule has 3 aromatic heterocycles. The third kappa shape index (κ3) is 5.47. The van der Waals surface area contributed by atoms with Crippen LogP contribution in [0.4, 0.5) is 0 Å². The highest BCUT2D eigenvalue weighted by Gasteiger charge is 2.47. The van der Waals surface area contributed by atoms with Gasteiger partial charge in [0.2, 0.25) is 0 Å². The van der Waals surface area contributed by atoms with E-state index in [1.54, 1.807) is 0 Å². The Hall–Kier alpha value is -8.86. The smallest absolute Gasteiger partial charge is 0.161 e. The van der Waals surface area contributed by atoms with Gasteiger partial charge in [-0.3, -0.25) is 0 Å². The molecule has 1 aliphatic carbocycles. The number of aromatic nitrogens is 3. The first-order valence-electron chi connectivity index (χ1n) is 22.9. The molecule has 14 rings (SSSR count). The summed E-state index contributed by atoms with van der Waals surface area (Å²) in [6.07, 6.45) is 0. The summed E-state index contributed by atoms with van der Waals surface area (Å²) in [6.45, 7) is 0. The lowest BCUT2D eigenvalue weighted by Gasteiger charge is -2.34. The zero-order valence-electron chi connectivity index (χ0n) is 36.3. The Bertz CT molecular complexity index is 4050. The molecule has 3 heterocycles. The van der Waals surface area contributed by atoms with Crippen molar-refractivity contribution in [1.82, 2.24) is 14.5 Å². The van der Waals surface area contributed by atoms with Gasteiger partial charge in [-0.25, -0.2) is 9.97 Å². The zero-order valence-corrected chi connectivity index (χ0v) is 36.3. The van der Waals surface area contributed by atoms with Gasteiger partial charge in [-0.2, -0.15) is 0 Å². The van der Waals surface area contributed by atoms with E-state index in [1.165, 1.54) is 55.2 Å². The minimum atomic E-state index is -0.529. The first-order chi connectivity index (χ1) is 33.2. The number of fused-ring (bicyclic) bond motifs is 10. The standard InChI is InChI=1S/C63H39N3O/c1-4-18-42(19-5-1)63(43-20-6-2-7-21-43)52-29-13-10-25-46(52)59-48(27-16-30-53(59)63)61-47-26-11-14-31-54(47)64-62(65-61)49-28-17-33-58-60(49)51-39-41(35-37-57(51)67-58)40-34-36-56-50(38-40)45-24-12-15-32-55(45)66(56)44-22-8-3-9-23-44/h1-39H. The molecule has 0 spiro atoms. The predicted molar refractivity (Wildman–Crippen MR) is 275 cm³/mol. The topological polar surface area (TPSA) is 43.9 Å². The van der Waals surface area contributed by atoms with Crippen molar-refractivity contribution in [3.05, 3.63) is 259 Å². The molecule has 4 heteroatoms. The zero-order chi connectivity index (χ0) is 44.1. The van der Waals surface area contributed by atoms with Crippen LogP contribution in [0.1, 0.15) is 22.3 Å². The highest BCUT2D eigenvalue weighted by atomic mass is 16.3. The molecule has 0 saturated carbocycles. The molecule has 0 radical (unpaired) electrons. The maximum atomic E-state index is 6.64. The molecule has 67 heavy (non-hydrogen) atoms. The van der Waals surface area contributed by atoms with Crippen molar-refractivity contribution in [2.24, 2.45) is 0 Å². The van der Waals surface area contributed by atoms with Gasteiger partial charge in [-0.1, -0.05) is 182 Å². The molecule has 0 aliphatic heterocycles. The van der Waals surface area contributed by atoms with Gasteiger partial charge in [0, 0.05) is 43.7 Å². The summed E-state index contributed by atoms with van der Waals surface area (Å²) in [6, 6.07) is 85.0. The minimum Gasteiger partial charge on any atom is -0.456 e. The van der Waals surface area contributed by atoms with Crippen molar-refractivity contribution < 1.29 is 4.42 Å². The molecule has 0 unspecified atom stereocenters. The third-order valence-electron chi connectivity index (χ3n) is 14.1. The van der Waals surface area contributed by atoms with Crippen LogP contribution in [0.3, 0.4) is 0 Å². The molecule has 0 amide bonds. The van der Waals surface area contributed by atoms with Crippen LogP contribution in [0.25, 0.3) is 105 Å². The molecule has 312 valence electrons. The third-order valence-corrected chi connectivity index (χ3v) is 14.1. The van der Waals surface area contributed by atoms with Crippen LogP contribution in [0, 0.1) is 0 Å². The summed E-state index contributed by atoms with van der Waals surface area (Å²) in [5.41, 5.74) is 18.0. The number of benzene rings is 10. The molecular weight excluding hydrogens is 815 g/mol. The summed E-state index contributed by atoms with van der Waals surface area (Å²) >= 11 is 0. The Morgan fingerprint density at radius 2 is 0.985 bits per heavy atom. The van der Waals surface area contributed by atoms with E-state index in [4.69, 9.17) is 14.4 Å². The first kappa shape index (κ1) is 37.5. The van der Waals surface area contributed by atoms with E-state index in [0.717, 1.165) is 66.5 Å². The van der Waals surface area contributed by atoms with Crippen molar-refractivity contribution in [3.8, 4) is 50.6 Å². The Balaban J connectivity index is 0.971. The lowest BCUT2D eigenvalue weighted by molar-refractivity contribution is 0.669. The summed E-state index contributed by atoms with van der Waals surface area (Å²) in [5, 5.41) is 5.47. The van der Waals surface area contributed by atoms with Gasteiger partial charge in [-0.05, 0) is 99.1 Å². The maximum Gasteiger partial charge on any atom is 0.161 e. The fourth-order valence-electron chi connectivity index (χ4n) is 11.3. The van der Waals surface area contributed by atoms with Crippen molar-refractivity contribution in [2.75, 3.05) is 0 Å². The van der Waals surface area contributed by atoms with Crippen molar-refractivity contribution in [3.63, 3.8) is 0 Å². The van der Waals surface area contributed by atoms with Crippen LogP contribution in [-0.2, 0) is 5.41 Å². The van der Waals surface area contributed by atoms with Crippen LogP contribution in [-0.4, -0.2) is 14.5 Å². The van der Waals surface area contributed by atoms with Crippen LogP contribution in [0.5, 0.6) is 0 Å². The van der Waals surface area contributed by atoms with E-state index in [9.17, 15) is 0 Å². The molecule has 0 saturated heterocycles. The quantitative estimate of drug-likeness (QED) is 0.167. The molecule has 0 bridgehead atoms.